The van der Waals surface area contributed by atoms with Crippen LogP contribution in [0.5, 0.6) is 0 Å². The van der Waals surface area contributed by atoms with Gasteiger partial charge in [-0.1, -0.05) is 44.2 Å². The van der Waals surface area contributed by atoms with Crippen molar-refractivity contribution < 1.29 is 14.0 Å². The molecule has 1 aliphatic heterocycles. The lowest BCUT2D eigenvalue weighted by molar-refractivity contribution is -0.119. The summed E-state index contributed by atoms with van der Waals surface area (Å²) in [5, 5.41) is 3.51. The minimum absolute atomic E-state index is 0.203. The van der Waals surface area contributed by atoms with E-state index in [4.69, 9.17) is 9.40 Å². The van der Waals surface area contributed by atoms with Crippen molar-refractivity contribution in [3.05, 3.63) is 59.4 Å². The third-order valence-electron chi connectivity index (χ3n) is 5.00. The number of rotatable bonds is 5. The molecule has 3 heterocycles. The Morgan fingerprint density at radius 1 is 1.21 bits per heavy atom. The van der Waals surface area contributed by atoms with Crippen LogP contribution in [0.2, 0.25) is 0 Å². The van der Waals surface area contributed by atoms with Gasteiger partial charge in [0.15, 0.2) is 10.9 Å². The first-order chi connectivity index (χ1) is 14.0. The zero-order chi connectivity index (χ0) is 20.4. The van der Waals surface area contributed by atoms with Crippen molar-refractivity contribution in [2.75, 3.05) is 11.9 Å². The Balaban J connectivity index is 1.54. The van der Waals surface area contributed by atoms with E-state index in [0.29, 0.717) is 18.1 Å². The van der Waals surface area contributed by atoms with Crippen LogP contribution < -0.4 is 5.32 Å². The summed E-state index contributed by atoms with van der Waals surface area (Å²) in [7, 11) is 0. The molecule has 1 atom stereocenters. The molecule has 2 amide bonds. The molecule has 0 saturated carbocycles. The Kier molecular flexibility index (Phi) is 5.49. The highest BCUT2D eigenvalue weighted by molar-refractivity contribution is 7.16. The minimum Gasteiger partial charge on any atom is -0.459 e. The fraction of sp³-hybridized carbons (Fsp3) is 0.318. The van der Waals surface area contributed by atoms with Gasteiger partial charge in [-0.05, 0) is 30.9 Å². The van der Waals surface area contributed by atoms with Gasteiger partial charge in [-0.25, -0.2) is 4.98 Å². The van der Waals surface area contributed by atoms with Crippen LogP contribution in [0.3, 0.4) is 0 Å². The molecule has 1 fully saturated rings. The molecule has 6 nitrogen and oxygen atoms in total. The van der Waals surface area contributed by atoms with Gasteiger partial charge < -0.3 is 14.6 Å². The quantitative estimate of drug-likeness (QED) is 0.659. The standard InChI is InChI=1S/C22H23N3O3S/c1-14(2)19-18(15-8-4-3-5-9-15)23-22(29-19)24-20(26)16-10-6-12-25(16)21(27)17-11-7-13-28-17/h3-5,7-9,11,13-14,16H,6,10,12H2,1-2H3,(H,23,24,26)/t16-/m0/s1. The van der Waals surface area contributed by atoms with E-state index < -0.39 is 6.04 Å². The van der Waals surface area contributed by atoms with Gasteiger partial charge in [0.1, 0.15) is 6.04 Å². The summed E-state index contributed by atoms with van der Waals surface area (Å²) in [6.07, 6.45) is 2.88. The molecule has 4 rings (SSSR count). The predicted molar refractivity (Wildman–Crippen MR) is 113 cm³/mol. The lowest BCUT2D eigenvalue weighted by atomic mass is 10.1. The molecule has 0 radical (unpaired) electrons. The monoisotopic (exact) mass is 409 g/mol. The predicted octanol–water partition coefficient (Wildman–Crippen LogP) is 4.77. The van der Waals surface area contributed by atoms with Crippen molar-refractivity contribution in [3.8, 4) is 11.3 Å². The molecule has 0 unspecified atom stereocenters. The zero-order valence-corrected chi connectivity index (χ0v) is 17.2. The maximum atomic E-state index is 13.0. The average molecular weight is 410 g/mol. The number of aromatic nitrogens is 1. The zero-order valence-electron chi connectivity index (χ0n) is 16.4. The van der Waals surface area contributed by atoms with E-state index in [2.05, 4.69) is 19.2 Å². The number of carbonyl (C=O) groups excluding carboxylic acids is 2. The highest BCUT2D eigenvalue weighted by atomic mass is 32.1. The van der Waals surface area contributed by atoms with Gasteiger partial charge in [-0.15, -0.1) is 11.3 Å². The number of hydrogen-bond donors (Lipinski definition) is 1. The molecule has 7 heteroatoms. The van der Waals surface area contributed by atoms with Crippen LogP contribution in [0.15, 0.2) is 53.1 Å². The maximum absolute atomic E-state index is 13.0. The molecule has 150 valence electrons. The second-order valence-electron chi connectivity index (χ2n) is 7.38. The number of nitrogens with zero attached hydrogens (tertiary/aromatic N) is 2. The summed E-state index contributed by atoms with van der Waals surface area (Å²) in [5.41, 5.74) is 1.93. The molecule has 1 aliphatic rings. The van der Waals surface area contributed by atoms with E-state index in [-0.39, 0.29) is 23.5 Å². The fourth-order valence-corrected chi connectivity index (χ4v) is 4.59. The topological polar surface area (TPSA) is 75.4 Å². The van der Waals surface area contributed by atoms with Gasteiger partial charge in [0.2, 0.25) is 5.91 Å². The lowest BCUT2D eigenvalue weighted by Crippen LogP contribution is -2.43. The normalized spacial score (nSPS) is 16.4. The Bertz CT molecular complexity index is 996. The van der Waals surface area contributed by atoms with Crippen LogP contribution in [-0.2, 0) is 4.79 Å². The molecule has 3 aromatic rings. The van der Waals surface area contributed by atoms with Crippen molar-refractivity contribution in [2.24, 2.45) is 0 Å². The number of amides is 2. The van der Waals surface area contributed by atoms with Crippen LogP contribution in [0, 0.1) is 0 Å². The molecule has 2 aromatic heterocycles. The van der Waals surface area contributed by atoms with Gasteiger partial charge in [-0.2, -0.15) is 0 Å². The summed E-state index contributed by atoms with van der Waals surface area (Å²) in [5.74, 6) is 0.0926. The Morgan fingerprint density at radius 3 is 2.69 bits per heavy atom. The van der Waals surface area contributed by atoms with Crippen molar-refractivity contribution in [2.45, 2.75) is 38.6 Å². The van der Waals surface area contributed by atoms with Crippen LogP contribution in [0.4, 0.5) is 5.13 Å². The molecule has 1 saturated heterocycles. The van der Waals surface area contributed by atoms with Gasteiger partial charge in [-0.3, -0.25) is 9.59 Å². The second-order valence-corrected chi connectivity index (χ2v) is 8.41. The van der Waals surface area contributed by atoms with Crippen molar-refractivity contribution in [1.29, 1.82) is 0 Å². The van der Waals surface area contributed by atoms with Gasteiger partial charge in [0.25, 0.3) is 5.91 Å². The Morgan fingerprint density at radius 2 is 2.00 bits per heavy atom. The van der Waals surface area contributed by atoms with Crippen molar-refractivity contribution in [1.82, 2.24) is 9.88 Å². The highest BCUT2D eigenvalue weighted by Gasteiger charge is 2.36. The van der Waals surface area contributed by atoms with E-state index in [0.717, 1.165) is 22.6 Å². The molecule has 0 bridgehead atoms. The van der Waals surface area contributed by atoms with Crippen LogP contribution in [-0.4, -0.2) is 34.3 Å². The highest BCUT2D eigenvalue weighted by Crippen LogP contribution is 2.36. The first-order valence-electron chi connectivity index (χ1n) is 9.76. The number of benzene rings is 1. The fourth-order valence-electron chi connectivity index (χ4n) is 3.59. The molecule has 1 N–H and O–H groups in total. The second kappa shape index (κ2) is 8.21. The number of carbonyl (C=O) groups is 2. The number of hydrogen-bond acceptors (Lipinski definition) is 5. The molecule has 29 heavy (non-hydrogen) atoms. The van der Waals surface area contributed by atoms with Crippen LogP contribution in [0.1, 0.15) is 48.0 Å². The third-order valence-corrected chi connectivity index (χ3v) is 6.27. The first-order valence-corrected chi connectivity index (χ1v) is 10.6. The van der Waals surface area contributed by atoms with Gasteiger partial charge >= 0.3 is 0 Å². The number of likely N-dealkylation sites (tertiary alicyclic amines) is 1. The Labute approximate surface area is 173 Å². The van der Waals surface area contributed by atoms with Gasteiger partial charge in [0, 0.05) is 17.0 Å². The van der Waals surface area contributed by atoms with E-state index >= 15 is 0 Å². The number of anilines is 1. The number of furan rings is 1. The van der Waals surface area contributed by atoms with E-state index in [1.807, 2.05) is 30.3 Å². The summed E-state index contributed by atoms with van der Waals surface area (Å²) < 4.78 is 5.22. The SMILES string of the molecule is CC(C)c1sc(NC(=O)[C@@H]2CCCN2C(=O)c2ccco2)nc1-c1ccccc1. The van der Waals surface area contributed by atoms with Crippen LogP contribution in [0.25, 0.3) is 11.3 Å². The number of thiazole rings is 1. The first kappa shape index (κ1) is 19.4. The van der Waals surface area contributed by atoms with Crippen molar-refractivity contribution >= 4 is 28.3 Å². The molecular weight excluding hydrogens is 386 g/mol. The summed E-state index contributed by atoms with van der Waals surface area (Å²) in [4.78, 5) is 33.0. The largest absolute Gasteiger partial charge is 0.459 e. The van der Waals surface area contributed by atoms with E-state index in [1.54, 1.807) is 17.0 Å². The minimum atomic E-state index is -0.515. The molecule has 0 aliphatic carbocycles. The third kappa shape index (κ3) is 3.96. The Hall–Kier alpha value is -2.93. The lowest BCUT2D eigenvalue weighted by Gasteiger charge is -2.22. The smallest absolute Gasteiger partial charge is 0.290 e. The molecule has 0 spiro atoms. The number of nitrogens with one attached hydrogen (secondary N) is 1. The van der Waals surface area contributed by atoms with Crippen LogP contribution >= 0.6 is 11.3 Å². The summed E-state index contributed by atoms with van der Waals surface area (Å²) in [6, 6.07) is 12.8. The molecular formula is C22H23N3O3S. The van der Waals surface area contributed by atoms with Gasteiger partial charge in [0.05, 0.1) is 12.0 Å². The van der Waals surface area contributed by atoms with E-state index in [1.165, 1.54) is 17.6 Å². The summed E-state index contributed by atoms with van der Waals surface area (Å²) >= 11 is 1.49. The van der Waals surface area contributed by atoms with Crippen molar-refractivity contribution in [3.63, 3.8) is 0 Å². The van der Waals surface area contributed by atoms with E-state index in [9.17, 15) is 9.59 Å². The molecule has 1 aromatic carbocycles. The average Bonchev–Trinajstić information content (AvgIpc) is 3.47. The maximum Gasteiger partial charge on any atom is 0.290 e. The summed E-state index contributed by atoms with van der Waals surface area (Å²) in [6.45, 7) is 4.78.